The molecule has 0 unspecified atom stereocenters. The number of rotatable bonds is 4. The molecular weight excluding hydrogens is 262 g/mol. The molecule has 0 saturated heterocycles. The van der Waals surface area contributed by atoms with E-state index in [0.717, 1.165) is 18.9 Å². The van der Waals surface area contributed by atoms with E-state index in [4.69, 9.17) is 11.6 Å². The van der Waals surface area contributed by atoms with Crippen LogP contribution in [0.15, 0.2) is 0 Å². The van der Waals surface area contributed by atoms with E-state index >= 15 is 0 Å². The molecule has 0 spiro atoms. The number of hydrogen-bond acceptors (Lipinski definition) is 2. The van der Waals surface area contributed by atoms with Crippen molar-refractivity contribution in [2.75, 3.05) is 6.54 Å². The Hall–Kier alpha value is -1.03. The first-order chi connectivity index (χ1) is 9.09. The standard InChI is InChI=1S/C14H22ClN3O/c1-10-12(13(15)18(2)17-10)14(19)16-9-8-11-6-4-3-5-7-11/h11H,3-9H2,1-2H3,(H,16,19). The highest BCUT2D eigenvalue weighted by Crippen LogP contribution is 2.26. The summed E-state index contributed by atoms with van der Waals surface area (Å²) in [4.78, 5) is 12.1. The van der Waals surface area contributed by atoms with Crippen molar-refractivity contribution in [2.45, 2.75) is 45.4 Å². The van der Waals surface area contributed by atoms with Gasteiger partial charge in [0.25, 0.3) is 5.91 Å². The summed E-state index contributed by atoms with van der Waals surface area (Å²) >= 11 is 6.08. The number of aryl methyl sites for hydroxylation is 2. The van der Waals surface area contributed by atoms with Crippen molar-refractivity contribution in [3.63, 3.8) is 0 Å². The molecule has 106 valence electrons. The average Bonchev–Trinajstić information content (AvgIpc) is 2.64. The van der Waals surface area contributed by atoms with Gasteiger partial charge < -0.3 is 5.32 Å². The molecule has 0 aliphatic heterocycles. The van der Waals surface area contributed by atoms with Gasteiger partial charge >= 0.3 is 0 Å². The van der Waals surface area contributed by atoms with E-state index < -0.39 is 0 Å². The quantitative estimate of drug-likeness (QED) is 0.923. The van der Waals surface area contributed by atoms with Gasteiger partial charge in [-0.1, -0.05) is 43.7 Å². The Balaban J connectivity index is 1.84. The molecule has 4 nitrogen and oxygen atoms in total. The summed E-state index contributed by atoms with van der Waals surface area (Å²) in [6, 6.07) is 0. The van der Waals surface area contributed by atoms with E-state index in [-0.39, 0.29) is 5.91 Å². The normalized spacial score (nSPS) is 16.6. The van der Waals surface area contributed by atoms with Crippen LogP contribution < -0.4 is 5.32 Å². The van der Waals surface area contributed by atoms with Crippen LogP contribution in [-0.4, -0.2) is 22.2 Å². The van der Waals surface area contributed by atoms with Gasteiger partial charge in [-0.15, -0.1) is 0 Å². The maximum absolute atomic E-state index is 12.1. The molecule has 5 heteroatoms. The molecule has 0 radical (unpaired) electrons. The van der Waals surface area contributed by atoms with E-state index in [0.29, 0.717) is 16.4 Å². The minimum Gasteiger partial charge on any atom is -0.352 e. The predicted molar refractivity (Wildman–Crippen MR) is 76.5 cm³/mol. The highest BCUT2D eigenvalue weighted by molar-refractivity contribution is 6.33. The summed E-state index contributed by atoms with van der Waals surface area (Å²) < 4.78 is 1.53. The Labute approximate surface area is 119 Å². The number of nitrogens with one attached hydrogen (secondary N) is 1. The monoisotopic (exact) mass is 283 g/mol. The number of hydrogen-bond donors (Lipinski definition) is 1. The lowest BCUT2D eigenvalue weighted by Crippen LogP contribution is -2.27. The van der Waals surface area contributed by atoms with Crippen molar-refractivity contribution in [1.82, 2.24) is 15.1 Å². The highest BCUT2D eigenvalue weighted by atomic mass is 35.5. The molecule has 1 aromatic rings. The first-order valence-corrected chi connectivity index (χ1v) is 7.44. The molecule has 1 fully saturated rings. The molecule has 1 heterocycles. The van der Waals surface area contributed by atoms with Crippen LogP contribution in [0.1, 0.15) is 54.6 Å². The van der Waals surface area contributed by atoms with Crippen LogP contribution in [0.5, 0.6) is 0 Å². The lowest BCUT2D eigenvalue weighted by atomic mass is 9.87. The Kier molecular flexibility index (Phi) is 4.86. The Bertz CT molecular complexity index is 450. The third kappa shape index (κ3) is 3.50. The summed E-state index contributed by atoms with van der Waals surface area (Å²) in [5, 5.41) is 7.53. The van der Waals surface area contributed by atoms with Crippen molar-refractivity contribution < 1.29 is 4.79 Å². The fourth-order valence-electron chi connectivity index (χ4n) is 2.84. The first-order valence-electron chi connectivity index (χ1n) is 7.07. The van der Waals surface area contributed by atoms with Gasteiger partial charge in [0.1, 0.15) is 5.15 Å². The Morgan fingerprint density at radius 1 is 1.42 bits per heavy atom. The minimum atomic E-state index is -0.105. The van der Waals surface area contributed by atoms with Gasteiger partial charge in [-0.25, -0.2) is 0 Å². The second-order valence-electron chi connectivity index (χ2n) is 5.42. The SMILES string of the molecule is Cc1nn(C)c(Cl)c1C(=O)NCCC1CCCCC1. The lowest BCUT2D eigenvalue weighted by molar-refractivity contribution is 0.0950. The zero-order valence-electron chi connectivity index (χ0n) is 11.7. The van der Waals surface area contributed by atoms with Gasteiger partial charge in [-0.2, -0.15) is 5.10 Å². The maximum Gasteiger partial charge on any atom is 0.256 e. The second kappa shape index (κ2) is 6.42. The van der Waals surface area contributed by atoms with Crippen molar-refractivity contribution in [3.8, 4) is 0 Å². The molecule has 0 bridgehead atoms. The number of carbonyl (C=O) groups excluding carboxylic acids is 1. The topological polar surface area (TPSA) is 46.9 Å². The average molecular weight is 284 g/mol. The molecule has 1 amide bonds. The molecule has 2 rings (SSSR count). The van der Waals surface area contributed by atoms with Crippen molar-refractivity contribution in [3.05, 3.63) is 16.4 Å². The molecule has 1 N–H and O–H groups in total. The summed E-state index contributed by atoms with van der Waals surface area (Å²) in [6.45, 7) is 2.54. The zero-order chi connectivity index (χ0) is 13.8. The number of amides is 1. The predicted octanol–water partition coefficient (Wildman–Crippen LogP) is 3.08. The number of carbonyl (C=O) groups is 1. The molecule has 0 aromatic carbocycles. The van der Waals surface area contributed by atoms with Crippen LogP contribution in [0.2, 0.25) is 5.15 Å². The Morgan fingerprint density at radius 2 is 2.11 bits per heavy atom. The minimum absolute atomic E-state index is 0.105. The molecule has 1 aromatic heterocycles. The molecule has 1 saturated carbocycles. The van der Waals surface area contributed by atoms with Crippen molar-refractivity contribution in [2.24, 2.45) is 13.0 Å². The fraction of sp³-hybridized carbons (Fsp3) is 0.714. The van der Waals surface area contributed by atoms with Gasteiger partial charge in [0.15, 0.2) is 0 Å². The van der Waals surface area contributed by atoms with Crippen LogP contribution in [-0.2, 0) is 7.05 Å². The summed E-state index contributed by atoms with van der Waals surface area (Å²) in [7, 11) is 1.74. The second-order valence-corrected chi connectivity index (χ2v) is 5.78. The summed E-state index contributed by atoms with van der Waals surface area (Å²) in [5.41, 5.74) is 1.19. The van der Waals surface area contributed by atoms with Gasteiger partial charge in [0.2, 0.25) is 0 Å². The van der Waals surface area contributed by atoms with Crippen LogP contribution in [0.25, 0.3) is 0 Å². The van der Waals surface area contributed by atoms with Gasteiger partial charge in [0.05, 0.1) is 11.3 Å². The van der Waals surface area contributed by atoms with Crippen molar-refractivity contribution in [1.29, 1.82) is 0 Å². The molecule has 1 aliphatic carbocycles. The van der Waals surface area contributed by atoms with Gasteiger partial charge in [0, 0.05) is 13.6 Å². The lowest BCUT2D eigenvalue weighted by Gasteiger charge is -2.21. The van der Waals surface area contributed by atoms with Crippen LogP contribution in [0.3, 0.4) is 0 Å². The Morgan fingerprint density at radius 3 is 2.68 bits per heavy atom. The van der Waals surface area contributed by atoms with Gasteiger partial charge in [-0.05, 0) is 19.3 Å². The molecular formula is C14H22ClN3O. The fourth-order valence-corrected chi connectivity index (χ4v) is 3.10. The largest absolute Gasteiger partial charge is 0.352 e. The third-order valence-electron chi connectivity index (χ3n) is 3.94. The van der Waals surface area contributed by atoms with E-state index in [1.807, 2.05) is 6.92 Å². The zero-order valence-corrected chi connectivity index (χ0v) is 12.5. The summed E-state index contributed by atoms with van der Waals surface area (Å²) in [6.07, 6.45) is 7.74. The summed E-state index contributed by atoms with van der Waals surface area (Å²) in [5.74, 6) is 0.672. The highest BCUT2D eigenvalue weighted by Gasteiger charge is 2.19. The molecule has 19 heavy (non-hydrogen) atoms. The first kappa shape index (κ1) is 14.4. The van der Waals surface area contributed by atoms with Crippen LogP contribution in [0.4, 0.5) is 0 Å². The maximum atomic E-state index is 12.1. The van der Waals surface area contributed by atoms with Gasteiger partial charge in [-0.3, -0.25) is 9.48 Å². The number of aromatic nitrogens is 2. The molecule has 0 atom stereocenters. The van der Waals surface area contributed by atoms with E-state index in [1.165, 1.54) is 36.8 Å². The molecule has 1 aliphatic rings. The van der Waals surface area contributed by atoms with E-state index in [1.54, 1.807) is 7.05 Å². The smallest absolute Gasteiger partial charge is 0.256 e. The number of nitrogens with zero attached hydrogens (tertiary/aromatic N) is 2. The number of halogens is 1. The van der Waals surface area contributed by atoms with E-state index in [2.05, 4.69) is 10.4 Å². The van der Waals surface area contributed by atoms with Crippen LogP contribution >= 0.6 is 11.6 Å². The van der Waals surface area contributed by atoms with Crippen LogP contribution in [0, 0.1) is 12.8 Å². The third-order valence-corrected chi connectivity index (χ3v) is 4.38. The van der Waals surface area contributed by atoms with Crippen molar-refractivity contribution >= 4 is 17.5 Å². The van der Waals surface area contributed by atoms with E-state index in [9.17, 15) is 4.79 Å².